The zero-order chi connectivity index (χ0) is 18.1. The highest BCUT2D eigenvalue weighted by Gasteiger charge is 2.54. The van der Waals surface area contributed by atoms with Crippen LogP contribution in [0.4, 0.5) is 0 Å². The average molecular weight is 361 g/mol. The van der Waals surface area contributed by atoms with Crippen LogP contribution in [0.3, 0.4) is 0 Å². The largest absolute Gasteiger partial charge is 0.477 e. The van der Waals surface area contributed by atoms with Crippen LogP contribution in [0.1, 0.15) is 18.5 Å². The molecule has 130 valence electrons. The SMILES string of the molecule is CC1=C(C(=O)O)N2C(=O)[C@@H](NC(=O)C(N=O)c3ccccc3)[C@@H]2SC1. The molecule has 0 radical (unpaired) electrons. The number of rotatable bonds is 5. The Labute approximate surface area is 147 Å². The molecule has 25 heavy (non-hydrogen) atoms. The summed E-state index contributed by atoms with van der Waals surface area (Å²) in [6, 6.07) is 6.19. The van der Waals surface area contributed by atoms with Crippen LogP contribution in [0.25, 0.3) is 0 Å². The van der Waals surface area contributed by atoms with E-state index in [0.29, 0.717) is 16.9 Å². The van der Waals surface area contributed by atoms with Crippen molar-refractivity contribution in [1.29, 1.82) is 0 Å². The maximum Gasteiger partial charge on any atom is 0.352 e. The van der Waals surface area contributed by atoms with E-state index in [4.69, 9.17) is 0 Å². The van der Waals surface area contributed by atoms with Crippen molar-refractivity contribution < 1.29 is 19.5 Å². The monoisotopic (exact) mass is 361 g/mol. The minimum atomic E-state index is -1.26. The van der Waals surface area contributed by atoms with Gasteiger partial charge in [0, 0.05) is 5.75 Å². The average Bonchev–Trinajstić information content (AvgIpc) is 2.60. The highest BCUT2D eigenvalue weighted by atomic mass is 32.2. The minimum absolute atomic E-state index is 0.0348. The molecule has 1 aromatic carbocycles. The summed E-state index contributed by atoms with van der Waals surface area (Å²) in [5.74, 6) is -1.89. The van der Waals surface area contributed by atoms with Crippen LogP contribution >= 0.6 is 11.8 Å². The lowest BCUT2D eigenvalue weighted by Gasteiger charge is -2.49. The van der Waals surface area contributed by atoms with Gasteiger partial charge in [0.1, 0.15) is 17.1 Å². The van der Waals surface area contributed by atoms with Crippen LogP contribution in [0.15, 0.2) is 46.8 Å². The number of carbonyl (C=O) groups is 3. The molecule has 3 rings (SSSR count). The fourth-order valence-electron chi connectivity index (χ4n) is 2.90. The molecule has 1 fully saturated rings. The number of nitrogens with one attached hydrogen (secondary N) is 1. The molecule has 0 aliphatic carbocycles. The van der Waals surface area contributed by atoms with Crippen LogP contribution in [-0.4, -0.2) is 45.0 Å². The van der Waals surface area contributed by atoms with Crippen molar-refractivity contribution in [3.63, 3.8) is 0 Å². The van der Waals surface area contributed by atoms with Gasteiger partial charge in [0.25, 0.3) is 11.8 Å². The van der Waals surface area contributed by atoms with Gasteiger partial charge in [-0.3, -0.25) is 14.5 Å². The summed E-state index contributed by atoms with van der Waals surface area (Å²) >= 11 is 1.37. The third-order valence-corrected chi connectivity index (χ3v) is 5.55. The maximum atomic E-state index is 12.4. The Morgan fingerprint density at radius 3 is 2.64 bits per heavy atom. The zero-order valence-electron chi connectivity index (χ0n) is 13.2. The molecule has 2 aliphatic rings. The van der Waals surface area contributed by atoms with Gasteiger partial charge in [-0.2, -0.15) is 0 Å². The molecule has 0 saturated carbocycles. The molecule has 1 saturated heterocycles. The molecule has 3 atom stereocenters. The first kappa shape index (κ1) is 17.2. The van der Waals surface area contributed by atoms with Gasteiger partial charge < -0.3 is 10.4 Å². The van der Waals surface area contributed by atoms with E-state index in [2.05, 4.69) is 10.5 Å². The second-order valence-electron chi connectivity index (χ2n) is 5.75. The van der Waals surface area contributed by atoms with Crippen molar-refractivity contribution in [3.8, 4) is 0 Å². The first-order valence-electron chi connectivity index (χ1n) is 7.51. The lowest BCUT2D eigenvalue weighted by Crippen LogP contribution is -2.70. The third kappa shape index (κ3) is 2.91. The number of carboxylic acids is 1. The van der Waals surface area contributed by atoms with E-state index >= 15 is 0 Å². The Balaban J connectivity index is 1.75. The summed E-state index contributed by atoms with van der Waals surface area (Å²) in [5.41, 5.74) is 0.993. The normalized spacial score (nSPS) is 23.4. The maximum absolute atomic E-state index is 12.4. The highest BCUT2D eigenvalue weighted by molar-refractivity contribution is 8.00. The molecular formula is C16H15N3O5S. The van der Waals surface area contributed by atoms with Gasteiger partial charge in [-0.1, -0.05) is 35.5 Å². The standard InChI is InChI=1S/C16H15N3O5S/c1-8-7-25-15-11(14(21)19(15)12(8)16(22)23)17-13(20)10(18-24)9-5-3-2-4-6-9/h2-6,10-11,15H,7H2,1H3,(H,17,20)(H,22,23)/t10?,11-,15+/m1/s1. The first-order chi connectivity index (χ1) is 12.0. The Morgan fingerprint density at radius 2 is 2.04 bits per heavy atom. The van der Waals surface area contributed by atoms with Gasteiger partial charge in [-0.25, -0.2) is 4.79 Å². The number of hydrogen-bond acceptors (Lipinski definition) is 6. The molecule has 2 heterocycles. The van der Waals surface area contributed by atoms with E-state index in [1.807, 2.05) is 0 Å². The molecule has 1 aromatic rings. The van der Waals surface area contributed by atoms with Crippen molar-refractivity contribution in [2.24, 2.45) is 5.18 Å². The minimum Gasteiger partial charge on any atom is -0.477 e. The molecule has 0 aromatic heterocycles. The van der Waals surface area contributed by atoms with Crippen LogP contribution in [0, 0.1) is 4.91 Å². The number of hydrogen-bond donors (Lipinski definition) is 2. The molecule has 2 aliphatic heterocycles. The molecule has 2 amide bonds. The molecule has 0 spiro atoms. The van der Waals surface area contributed by atoms with Crippen molar-refractivity contribution >= 4 is 29.5 Å². The number of amides is 2. The molecule has 1 unspecified atom stereocenters. The smallest absolute Gasteiger partial charge is 0.352 e. The van der Waals surface area contributed by atoms with Gasteiger partial charge in [-0.15, -0.1) is 16.7 Å². The predicted molar refractivity (Wildman–Crippen MR) is 90.3 cm³/mol. The summed E-state index contributed by atoms with van der Waals surface area (Å²) in [6.07, 6.45) is 0. The number of benzene rings is 1. The number of carboxylic acid groups (broad SMARTS) is 1. The van der Waals surface area contributed by atoms with Gasteiger partial charge >= 0.3 is 5.97 Å². The summed E-state index contributed by atoms with van der Waals surface area (Å²) in [7, 11) is 0. The number of carbonyl (C=O) groups excluding carboxylic acids is 2. The summed E-state index contributed by atoms with van der Waals surface area (Å²) < 4.78 is 0. The number of β-lactam (4-membered cyclic amide) rings is 1. The molecule has 2 N–H and O–H groups in total. The van der Waals surface area contributed by atoms with Crippen molar-refractivity contribution in [2.45, 2.75) is 24.4 Å². The Morgan fingerprint density at radius 1 is 1.36 bits per heavy atom. The quantitative estimate of drug-likeness (QED) is 0.602. The Bertz CT molecular complexity index is 779. The van der Waals surface area contributed by atoms with Crippen LogP contribution in [0.5, 0.6) is 0 Å². The van der Waals surface area contributed by atoms with Crippen LogP contribution in [0.2, 0.25) is 0 Å². The first-order valence-corrected chi connectivity index (χ1v) is 8.56. The van der Waals surface area contributed by atoms with Crippen molar-refractivity contribution in [1.82, 2.24) is 10.2 Å². The van der Waals surface area contributed by atoms with Gasteiger partial charge in [-0.05, 0) is 18.1 Å². The topological polar surface area (TPSA) is 116 Å². The zero-order valence-corrected chi connectivity index (χ0v) is 14.0. The third-order valence-electron chi connectivity index (χ3n) is 4.13. The van der Waals surface area contributed by atoms with E-state index in [1.165, 1.54) is 16.7 Å². The number of aliphatic carboxylic acids is 1. The van der Waals surface area contributed by atoms with E-state index < -0.39 is 35.2 Å². The number of thioether (sulfide) groups is 1. The fourth-order valence-corrected chi connectivity index (χ4v) is 4.20. The van der Waals surface area contributed by atoms with E-state index in [1.54, 1.807) is 37.3 Å². The molecule has 8 nitrogen and oxygen atoms in total. The molecular weight excluding hydrogens is 346 g/mol. The van der Waals surface area contributed by atoms with Crippen molar-refractivity contribution in [3.05, 3.63) is 52.1 Å². The van der Waals surface area contributed by atoms with Crippen LogP contribution in [-0.2, 0) is 14.4 Å². The van der Waals surface area contributed by atoms with Crippen LogP contribution < -0.4 is 5.32 Å². The van der Waals surface area contributed by atoms with Gasteiger partial charge in [0.15, 0.2) is 6.04 Å². The fraction of sp³-hybridized carbons (Fsp3) is 0.312. The summed E-state index contributed by atoms with van der Waals surface area (Å²) in [5, 5.41) is 14.2. The van der Waals surface area contributed by atoms with E-state index in [-0.39, 0.29) is 5.70 Å². The lowest BCUT2D eigenvalue weighted by molar-refractivity contribution is -0.150. The Hall–Kier alpha value is -2.68. The van der Waals surface area contributed by atoms with E-state index in [0.717, 1.165) is 0 Å². The number of nitrogens with zero attached hydrogens (tertiary/aromatic N) is 2. The number of fused-ring (bicyclic) bond motifs is 1. The highest BCUT2D eigenvalue weighted by Crippen LogP contribution is 2.40. The second kappa shape index (κ2) is 6.67. The van der Waals surface area contributed by atoms with Gasteiger partial charge in [0.05, 0.1) is 0 Å². The van der Waals surface area contributed by atoms with Crippen molar-refractivity contribution in [2.75, 3.05) is 5.75 Å². The second-order valence-corrected chi connectivity index (χ2v) is 6.85. The predicted octanol–water partition coefficient (Wildman–Crippen LogP) is 1.25. The summed E-state index contributed by atoms with van der Waals surface area (Å²) in [4.78, 5) is 48.3. The Kier molecular flexibility index (Phi) is 4.58. The van der Waals surface area contributed by atoms with Gasteiger partial charge in [0.2, 0.25) is 0 Å². The molecule has 0 bridgehead atoms. The number of nitroso groups, excluding NO2 is 1. The lowest BCUT2D eigenvalue weighted by atomic mass is 10.0. The summed E-state index contributed by atoms with van der Waals surface area (Å²) in [6.45, 7) is 1.66. The molecule has 9 heteroatoms. The van der Waals surface area contributed by atoms with E-state index in [9.17, 15) is 24.4 Å².